The number of hydrogen-bond acceptors (Lipinski definition) is 3. The summed E-state index contributed by atoms with van der Waals surface area (Å²) in [6.07, 6.45) is 49.6. The van der Waals surface area contributed by atoms with Gasteiger partial charge in [-0.2, -0.15) is 0 Å². The molecule has 3 heteroatoms. The fourth-order valence-corrected chi connectivity index (χ4v) is 13.1. The van der Waals surface area contributed by atoms with Crippen molar-refractivity contribution in [3.05, 3.63) is 183 Å². The lowest BCUT2D eigenvalue weighted by Gasteiger charge is -2.38. The van der Waals surface area contributed by atoms with Gasteiger partial charge in [-0.25, -0.2) is 9.98 Å². The summed E-state index contributed by atoms with van der Waals surface area (Å²) in [4.78, 5) is 11.0. The van der Waals surface area contributed by atoms with Gasteiger partial charge in [0, 0.05) is 16.6 Å². The van der Waals surface area contributed by atoms with Crippen molar-refractivity contribution in [2.75, 3.05) is 0 Å². The molecule has 1 aliphatic heterocycles. The van der Waals surface area contributed by atoms with E-state index >= 15 is 0 Å². The van der Waals surface area contributed by atoms with Crippen LogP contribution in [0.15, 0.2) is 176 Å². The molecule has 342 valence electrons. The van der Waals surface area contributed by atoms with E-state index in [0.29, 0.717) is 11.8 Å². The van der Waals surface area contributed by atoms with Crippen molar-refractivity contribution in [1.82, 2.24) is 5.32 Å². The number of nitrogens with zero attached hydrogens (tertiary/aromatic N) is 2. The van der Waals surface area contributed by atoms with E-state index in [0.717, 1.165) is 49.3 Å². The molecule has 0 aromatic heterocycles. The van der Waals surface area contributed by atoms with E-state index in [2.05, 4.69) is 148 Å². The zero-order valence-corrected chi connectivity index (χ0v) is 40.9. The number of rotatable bonds is 5. The Kier molecular flexibility index (Phi) is 12.9. The van der Waals surface area contributed by atoms with E-state index in [1.54, 1.807) is 16.7 Å². The van der Waals surface area contributed by atoms with Gasteiger partial charge in [-0.3, -0.25) is 0 Å². The molecule has 1 heterocycles. The van der Waals surface area contributed by atoms with Crippen molar-refractivity contribution in [3.8, 4) is 0 Å². The lowest BCUT2D eigenvalue weighted by Crippen LogP contribution is -2.39. The van der Waals surface area contributed by atoms with Crippen LogP contribution < -0.4 is 5.32 Å². The third-order valence-corrected chi connectivity index (χ3v) is 17.1. The maximum absolute atomic E-state index is 5.66. The number of aliphatic imine (C=N–C) groups is 2. The molecule has 2 aromatic carbocycles. The molecule has 8 aliphatic carbocycles. The summed E-state index contributed by atoms with van der Waals surface area (Å²) in [6, 6.07) is 20.2. The molecule has 1 N–H and O–H groups in total. The predicted molar refractivity (Wildman–Crippen MR) is 280 cm³/mol. The molecule has 9 aliphatic rings. The molecule has 4 unspecified atom stereocenters. The summed E-state index contributed by atoms with van der Waals surface area (Å²) >= 11 is 0. The minimum absolute atomic E-state index is 0.206. The summed E-state index contributed by atoms with van der Waals surface area (Å²) in [5.74, 6) is 3.15. The fraction of sp³-hybridized carbons (Fsp3) is 0.460. The van der Waals surface area contributed by atoms with Gasteiger partial charge < -0.3 is 5.32 Å². The van der Waals surface area contributed by atoms with Gasteiger partial charge in [-0.15, -0.1) is 0 Å². The highest BCUT2D eigenvalue weighted by molar-refractivity contribution is 6.20. The highest BCUT2D eigenvalue weighted by Gasteiger charge is 2.43. The maximum Gasteiger partial charge on any atom is 0.169 e. The summed E-state index contributed by atoms with van der Waals surface area (Å²) in [5, 5.41) is 3.91. The Labute approximate surface area is 397 Å². The average Bonchev–Trinajstić information content (AvgIpc) is 4.22. The fourth-order valence-electron chi connectivity index (χ4n) is 13.1. The number of hydrogen-bond donors (Lipinski definition) is 1. The van der Waals surface area contributed by atoms with Crippen LogP contribution in [-0.4, -0.2) is 17.8 Å². The van der Waals surface area contributed by atoms with Crippen LogP contribution in [0.4, 0.5) is 0 Å². The first-order valence-electron chi connectivity index (χ1n) is 26.4. The van der Waals surface area contributed by atoms with Crippen molar-refractivity contribution in [2.45, 2.75) is 156 Å². The highest BCUT2D eigenvalue weighted by atomic mass is 15.2. The predicted octanol–water partition coefficient (Wildman–Crippen LogP) is 16.4. The molecular weight excluding hydrogens is 799 g/mol. The summed E-state index contributed by atoms with van der Waals surface area (Å²) < 4.78 is 0. The molecule has 0 saturated heterocycles. The molecule has 66 heavy (non-hydrogen) atoms. The second-order valence-corrected chi connectivity index (χ2v) is 21.5. The Balaban J connectivity index is 0.00000252. The minimum Gasteiger partial charge on any atom is -0.324 e. The van der Waals surface area contributed by atoms with E-state index in [1.165, 1.54) is 128 Å². The molecular formula is C63H75N3. The first kappa shape index (κ1) is 44.8. The quantitative estimate of drug-likeness (QED) is 0.299. The van der Waals surface area contributed by atoms with Crippen LogP contribution >= 0.6 is 0 Å². The van der Waals surface area contributed by atoms with Gasteiger partial charge in [0.05, 0.1) is 0 Å². The van der Waals surface area contributed by atoms with Crippen molar-refractivity contribution < 1.29 is 0 Å². The first-order valence-corrected chi connectivity index (χ1v) is 26.4. The van der Waals surface area contributed by atoms with Crippen molar-refractivity contribution in [1.29, 1.82) is 0 Å². The third-order valence-electron chi connectivity index (χ3n) is 17.1. The Morgan fingerprint density at radius 2 is 1.33 bits per heavy atom. The number of benzene rings is 2. The second-order valence-electron chi connectivity index (χ2n) is 21.5. The molecule has 0 radical (unpaired) electrons. The van der Waals surface area contributed by atoms with Gasteiger partial charge in [0.2, 0.25) is 0 Å². The Hall–Kier alpha value is -5.02. The lowest BCUT2D eigenvalue weighted by atomic mass is 9.65. The van der Waals surface area contributed by atoms with Crippen LogP contribution in [-0.2, 0) is 6.42 Å². The van der Waals surface area contributed by atoms with Gasteiger partial charge in [0.15, 0.2) is 6.17 Å². The van der Waals surface area contributed by atoms with E-state index in [1.807, 2.05) is 13.8 Å². The van der Waals surface area contributed by atoms with E-state index < -0.39 is 0 Å². The standard InChI is InChI=1S/C61H69N3.C2H6/c1-59(33-14-4-5-15-34-59)48-29-31-52-50-26-19-23-49(60(2)35-16-6-7-17-36-60)41-47(50)39-44-22-11-12-24-51(44)55-53(25-13-18-37-61(55,3)54(52)32-30-48)58-63-56(42-20-9-8-10-21-42)62-57(64-58)45-28-27-43-38-46(43)40-45;1-2/h8-13,20-31,40-41,43,46,57H,4-7,14-19,32-39H2,1-3H3,(H,62,63,64);1-2H3. The molecule has 11 rings (SSSR count). The molecule has 3 saturated carbocycles. The van der Waals surface area contributed by atoms with Gasteiger partial charge in [0.1, 0.15) is 11.7 Å². The summed E-state index contributed by atoms with van der Waals surface area (Å²) in [6.45, 7) is 11.8. The number of allylic oxidation sites excluding steroid dienone is 16. The lowest BCUT2D eigenvalue weighted by molar-refractivity contribution is 0.349. The van der Waals surface area contributed by atoms with E-state index in [9.17, 15) is 0 Å². The van der Waals surface area contributed by atoms with Crippen molar-refractivity contribution >= 4 is 17.2 Å². The Bertz CT molecular complexity index is 2570. The van der Waals surface area contributed by atoms with E-state index in [-0.39, 0.29) is 22.4 Å². The van der Waals surface area contributed by atoms with E-state index in [4.69, 9.17) is 9.98 Å². The van der Waals surface area contributed by atoms with Crippen LogP contribution in [0.3, 0.4) is 0 Å². The Morgan fingerprint density at radius 3 is 2.08 bits per heavy atom. The van der Waals surface area contributed by atoms with Gasteiger partial charge in [-0.1, -0.05) is 207 Å². The number of fused-ring (bicyclic) bond motifs is 7. The van der Waals surface area contributed by atoms with Crippen LogP contribution in [0.5, 0.6) is 0 Å². The minimum atomic E-state index is -0.300. The zero-order valence-electron chi connectivity index (χ0n) is 40.9. The summed E-state index contributed by atoms with van der Waals surface area (Å²) in [7, 11) is 0. The normalized spacial score (nSPS) is 28.8. The number of amidine groups is 2. The van der Waals surface area contributed by atoms with Crippen LogP contribution in [0.1, 0.15) is 160 Å². The molecule has 2 aromatic rings. The van der Waals surface area contributed by atoms with Crippen molar-refractivity contribution in [3.63, 3.8) is 0 Å². The zero-order chi connectivity index (χ0) is 45.3. The third kappa shape index (κ3) is 8.70. The van der Waals surface area contributed by atoms with Gasteiger partial charge in [0.25, 0.3) is 0 Å². The molecule has 0 spiro atoms. The summed E-state index contributed by atoms with van der Waals surface area (Å²) in [5.41, 5.74) is 17.0. The van der Waals surface area contributed by atoms with Crippen LogP contribution in [0, 0.1) is 28.1 Å². The Morgan fingerprint density at radius 1 is 0.636 bits per heavy atom. The highest BCUT2D eigenvalue weighted by Crippen LogP contribution is 2.56. The van der Waals surface area contributed by atoms with Crippen LogP contribution in [0.25, 0.3) is 5.57 Å². The first-order chi connectivity index (χ1) is 32.3. The van der Waals surface area contributed by atoms with Gasteiger partial charge >= 0.3 is 0 Å². The second kappa shape index (κ2) is 18.9. The molecule has 0 bridgehead atoms. The van der Waals surface area contributed by atoms with Gasteiger partial charge in [-0.05, 0) is 143 Å². The average molecular weight is 874 g/mol. The monoisotopic (exact) mass is 874 g/mol. The van der Waals surface area contributed by atoms with Crippen molar-refractivity contribution in [2.24, 2.45) is 38.1 Å². The maximum atomic E-state index is 5.66. The smallest absolute Gasteiger partial charge is 0.169 e. The molecule has 3 fully saturated rings. The molecule has 4 atom stereocenters. The molecule has 0 amide bonds. The SMILES string of the molecule is CC.CC1(C2=CCC=C3C(=C2)Cc2ccccc2C2=C(C4=NC(C5=CC6CC6C=C5)N=C(c5ccccc5)N4)C=CCCC2(C)C2=C3C=CC(C3(C)CCCCCC3)=CC2)CCCCCC1. The topological polar surface area (TPSA) is 36.8 Å². The largest absolute Gasteiger partial charge is 0.324 e. The molecule has 3 nitrogen and oxygen atoms in total. The number of nitrogens with one attached hydrogen (secondary N) is 1. The van der Waals surface area contributed by atoms with Crippen LogP contribution in [0.2, 0.25) is 0 Å².